The van der Waals surface area contributed by atoms with Crippen LogP contribution in [0.3, 0.4) is 0 Å². The normalized spacial score (nSPS) is 11.4. The van der Waals surface area contributed by atoms with E-state index < -0.39 is 6.68 Å². The number of aromatic nitrogens is 2. The third-order valence-electron chi connectivity index (χ3n) is 4.41. The molecule has 2 aromatic heterocycles. The van der Waals surface area contributed by atoms with Gasteiger partial charge < -0.3 is 4.57 Å². The highest BCUT2D eigenvalue weighted by atomic mass is 32.2. The van der Waals surface area contributed by atoms with Crippen molar-refractivity contribution in [2.75, 3.05) is 0 Å². The summed E-state index contributed by atoms with van der Waals surface area (Å²) in [4.78, 5) is 4.99. The number of rotatable bonds is 5. The minimum atomic E-state index is -3.67. The first-order valence-corrected chi connectivity index (χ1v) is 12.4. The van der Waals surface area contributed by atoms with Gasteiger partial charge in [-0.3, -0.25) is 4.72 Å². The second kappa shape index (κ2) is 13.6. The molecule has 0 aliphatic carbocycles. The zero-order chi connectivity index (χ0) is 26.8. The van der Waals surface area contributed by atoms with Gasteiger partial charge in [0.25, 0.3) is 0 Å². The molecule has 0 amide bonds. The summed E-state index contributed by atoms with van der Waals surface area (Å²) >= 11 is 1.75. The summed E-state index contributed by atoms with van der Waals surface area (Å²) in [6.07, 6.45) is 2.22. The predicted octanol–water partition coefficient (Wildman–Crippen LogP) is 8.36. The van der Waals surface area contributed by atoms with E-state index in [4.69, 9.17) is 4.98 Å². The van der Waals surface area contributed by atoms with Crippen LogP contribution in [-0.2, 0) is 13.1 Å². The van der Waals surface area contributed by atoms with Crippen LogP contribution in [0, 0.1) is 16.7 Å². The molecule has 0 atom stereocenters. The van der Waals surface area contributed by atoms with Gasteiger partial charge in [-0.15, -0.1) is 0 Å². The molecule has 0 unspecified atom stereocenters. The molecule has 35 heavy (non-hydrogen) atoms. The van der Waals surface area contributed by atoms with E-state index in [0.717, 1.165) is 35.4 Å². The second-order valence-corrected chi connectivity index (χ2v) is 11.6. The summed E-state index contributed by atoms with van der Waals surface area (Å²) in [5.74, 6) is 0. The first kappa shape index (κ1) is 30.5. The monoisotopic (exact) mass is 506 g/mol. The zero-order valence-electron chi connectivity index (χ0n) is 21.9. The molecule has 1 N–H and O–H groups in total. The van der Waals surface area contributed by atoms with Crippen LogP contribution in [0.4, 0.5) is 13.2 Å². The number of halogens is 3. The number of nitrogens with zero attached hydrogens (tertiary/aromatic N) is 3. The van der Waals surface area contributed by atoms with Gasteiger partial charge in [0.05, 0.1) is 17.3 Å². The first-order chi connectivity index (χ1) is 16.3. The number of hydrogen-bond donors (Lipinski definition) is 1. The molecule has 1 aromatic carbocycles. The van der Waals surface area contributed by atoms with Crippen molar-refractivity contribution < 1.29 is 13.2 Å². The van der Waals surface area contributed by atoms with Gasteiger partial charge in [0, 0.05) is 35.0 Å². The third-order valence-corrected chi connectivity index (χ3v) is 5.31. The van der Waals surface area contributed by atoms with E-state index in [9.17, 15) is 18.4 Å². The molecule has 0 spiro atoms. The van der Waals surface area contributed by atoms with Crippen molar-refractivity contribution in [3.8, 4) is 17.3 Å². The van der Waals surface area contributed by atoms with E-state index in [-0.39, 0.29) is 10.2 Å². The van der Waals surface area contributed by atoms with Crippen LogP contribution in [0.15, 0.2) is 42.6 Å². The lowest BCUT2D eigenvalue weighted by atomic mass is 9.97. The molecule has 4 nitrogen and oxygen atoms in total. The molecule has 3 rings (SSSR count). The molecule has 0 aliphatic heterocycles. The molecule has 0 bridgehead atoms. The minimum Gasteiger partial charge on any atom is -0.332 e. The van der Waals surface area contributed by atoms with Gasteiger partial charge in [-0.1, -0.05) is 64.8 Å². The number of nitrogens with one attached hydrogen (secondary N) is 1. The van der Waals surface area contributed by atoms with E-state index >= 15 is 0 Å². The Morgan fingerprint density at radius 1 is 1.03 bits per heavy atom. The number of pyridine rings is 1. The van der Waals surface area contributed by atoms with Gasteiger partial charge in [0.15, 0.2) is 0 Å². The van der Waals surface area contributed by atoms with Crippen molar-refractivity contribution in [3.63, 3.8) is 0 Å². The number of benzene rings is 1. The lowest BCUT2D eigenvalue weighted by Crippen LogP contribution is -2.17. The maximum atomic E-state index is 9.67. The van der Waals surface area contributed by atoms with Crippen molar-refractivity contribution in [3.05, 3.63) is 53.7 Å². The number of hydrogen-bond acceptors (Lipinski definition) is 4. The average molecular weight is 507 g/mol. The Bertz CT molecular complexity index is 1100. The SMILES string of the molecule is CC.CC(C)(C)Cn1cc(CNSC(C)(C)C)c2ccc(-c3ccccc3C#N)nc21.FC(F)F. The molecule has 0 saturated carbocycles. The highest BCUT2D eigenvalue weighted by molar-refractivity contribution is 7.98. The Balaban J connectivity index is 0.000000926. The number of fused-ring (bicyclic) bond motifs is 1. The lowest BCUT2D eigenvalue weighted by Gasteiger charge is -2.19. The molecule has 0 fully saturated rings. The van der Waals surface area contributed by atoms with Crippen LogP contribution < -0.4 is 4.72 Å². The van der Waals surface area contributed by atoms with Gasteiger partial charge in [-0.2, -0.15) is 18.4 Å². The molecule has 0 radical (unpaired) electrons. The summed E-state index contributed by atoms with van der Waals surface area (Å²) < 4.78 is 34.9. The summed E-state index contributed by atoms with van der Waals surface area (Å²) in [6, 6.07) is 14.1. The largest absolute Gasteiger partial charge is 0.379 e. The molecule has 192 valence electrons. The lowest BCUT2D eigenvalue weighted by molar-refractivity contribution is 0.00819. The van der Waals surface area contributed by atoms with E-state index in [0.29, 0.717) is 5.56 Å². The van der Waals surface area contributed by atoms with Crippen molar-refractivity contribution in [1.29, 1.82) is 5.26 Å². The maximum absolute atomic E-state index is 9.67. The quantitative estimate of drug-likeness (QED) is 0.353. The van der Waals surface area contributed by atoms with E-state index in [1.807, 2.05) is 44.2 Å². The Kier molecular flexibility index (Phi) is 11.8. The van der Waals surface area contributed by atoms with Gasteiger partial charge in [-0.25, -0.2) is 4.98 Å². The maximum Gasteiger partial charge on any atom is 0.379 e. The molecule has 3 aromatic rings. The Labute approximate surface area is 212 Å². The third kappa shape index (κ3) is 10.3. The molecular weight excluding hydrogens is 469 g/mol. The Hall–Kier alpha value is -2.50. The van der Waals surface area contributed by atoms with Gasteiger partial charge in [0.2, 0.25) is 0 Å². The number of alkyl halides is 3. The number of nitriles is 1. The van der Waals surface area contributed by atoms with Crippen molar-refractivity contribution in [2.24, 2.45) is 5.41 Å². The first-order valence-electron chi connectivity index (χ1n) is 11.6. The van der Waals surface area contributed by atoms with Crippen molar-refractivity contribution >= 4 is 23.0 Å². The second-order valence-electron chi connectivity index (χ2n) is 9.85. The van der Waals surface area contributed by atoms with Crippen LogP contribution in [0.2, 0.25) is 0 Å². The molecular formula is C27H37F3N4S. The van der Waals surface area contributed by atoms with Crippen LogP contribution in [0.25, 0.3) is 22.3 Å². The van der Waals surface area contributed by atoms with E-state index in [1.165, 1.54) is 5.56 Å². The van der Waals surface area contributed by atoms with Crippen LogP contribution >= 0.6 is 11.9 Å². The molecule has 8 heteroatoms. The average Bonchev–Trinajstić information content (AvgIpc) is 3.09. The molecule has 0 aliphatic rings. The molecule has 2 heterocycles. The summed E-state index contributed by atoms with van der Waals surface area (Å²) in [5, 5.41) is 10.6. The topological polar surface area (TPSA) is 53.6 Å². The minimum absolute atomic E-state index is 0.138. The highest BCUT2D eigenvalue weighted by Crippen LogP contribution is 2.29. The molecule has 0 saturated heterocycles. The van der Waals surface area contributed by atoms with Crippen LogP contribution in [0.5, 0.6) is 0 Å². The standard InChI is InChI=1S/C24H30N4S.C2H6.CHF3/c1-23(2,3)16-28-15-18(14-26-29-24(4,5)6)20-11-12-21(27-22(20)28)19-10-8-7-9-17(19)13-25;1-2;2-1(3)4/h7-12,15,26H,14,16H2,1-6H3;1-2H3;1H. The van der Waals surface area contributed by atoms with E-state index in [1.54, 1.807) is 11.9 Å². The fourth-order valence-corrected chi connectivity index (χ4v) is 3.95. The smallest absolute Gasteiger partial charge is 0.332 e. The fraction of sp³-hybridized carbons (Fsp3) is 0.481. The van der Waals surface area contributed by atoms with Crippen molar-refractivity contribution in [2.45, 2.75) is 79.9 Å². The van der Waals surface area contributed by atoms with Crippen molar-refractivity contribution in [1.82, 2.24) is 14.3 Å². The van der Waals surface area contributed by atoms with Crippen LogP contribution in [-0.4, -0.2) is 21.0 Å². The Morgan fingerprint density at radius 3 is 2.17 bits per heavy atom. The Morgan fingerprint density at radius 2 is 1.63 bits per heavy atom. The predicted molar refractivity (Wildman–Crippen MR) is 142 cm³/mol. The highest BCUT2D eigenvalue weighted by Gasteiger charge is 2.18. The summed E-state index contributed by atoms with van der Waals surface area (Å²) in [6.45, 7) is 15.3. The van der Waals surface area contributed by atoms with Gasteiger partial charge in [-0.05, 0) is 49.9 Å². The van der Waals surface area contributed by atoms with Crippen LogP contribution in [0.1, 0.15) is 66.5 Å². The van der Waals surface area contributed by atoms with E-state index in [2.05, 4.69) is 69.2 Å². The van der Waals surface area contributed by atoms with Gasteiger partial charge in [0.1, 0.15) is 5.65 Å². The summed E-state index contributed by atoms with van der Waals surface area (Å²) in [7, 11) is 0. The zero-order valence-corrected chi connectivity index (χ0v) is 22.7. The fourth-order valence-electron chi connectivity index (χ4n) is 3.29. The summed E-state index contributed by atoms with van der Waals surface area (Å²) in [5.41, 5.74) is 4.72. The van der Waals surface area contributed by atoms with Gasteiger partial charge >= 0.3 is 6.68 Å².